The first-order valence-electron chi connectivity index (χ1n) is 5.92. The van der Waals surface area contributed by atoms with E-state index in [0.717, 1.165) is 0 Å². The number of hydrogen-bond donors (Lipinski definition) is 1. The molecular weight excluding hydrogens is 282 g/mol. The van der Waals surface area contributed by atoms with Gasteiger partial charge in [-0.25, -0.2) is 4.98 Å². The van der Waals surface area contributed by atoms with Crippen molar-refractivity contribution in [2.45, 2.75) is 19.9 Å². The summed E-state index contributed by atoms with van der Waals surface area (Å²) in [5, 5.41) is 0.0359. The van der Waals surface area contributed by atoms with Gasteiger partial charge in [0.25, 0.3) is 0 Å². The zero-order chi connectivity index (χ0) is 14.7. The molecule has 2 heterocycles. The lowest BCUT2D eigenvalue weighted by atomic mass is 10.3. The molecule has 0 fully saturated rings. The Morgan fingerprint density at radius 1 is 1.45 bits per heavy atom. The molecule has 2 N–H and O–H groups in total. The van der Waals surface area contributed by atoms with Crippen LogP contribution in [-0.4, -0.2) is 43.0 Å². The fraction of sp³-hybridized carbons (Fsp3) is 0.364. The number of carbonyl (C=O) groups is 1. The Labute approximate surface area is 120 Å². The molecule has 0 aliphatic carbocycles. The first-order valence-corrected chi connectivity index (χ1v) is 6.30. The minimum absolute atomic E-state index is 0.00137. The monoisotopic (exact) mass is 295 g/mol. The maximum Gasteiger partial charge on any atom is 0.241 e. The first-order chi connectivity index (χ1) is 9.47. The zero-order valence-electron chi connectivity index (χ0n) is 11.1. The molecule has 106 valence electrons. The largest absolute Gasteiger partial charge is 0.368 e. The third kappa shape index (κ3) is 3.21. The molecule has 0 bridgehead atoms. The first kappa shape index (κ1) is 14.2. The molecule has 8 nitrogen and oxygen atoms in total. The third-order valence-corrected chi connectivity index (χ3v) is 2.70. The third-order valence-electron chi connectivity index (χ3n) is 2.53. The average molecular weight is 296 g/mol. The Kier molecular flexibility index (Phi) is 4.14. The van der Waals surface area contributed by atoms with Crippen molar-refractivity contribution < 1.29 is 4.79 Å². The highest BCUT2D eigenvalue weighted by molar-refractivity contribution is 6.28. The second-order valence-corrected chi connectivity index (χ2v) is 4.70. The highest BCUT2D eigenvalue weighted by Gasteiger charge is 2.18. The van der Waals surface area contributed by atoms with E-state index < -0.39 is 5.91 Å². The Bertz CT molecular complexity index is 599. The lowest BCUT2D eigenvalue weighted by molar-refractivity contribution is -0.116. The summed E-state index contributed by atoms with van der Waals surface area (Å²) in [5.74, 6) is 0.148. The van der Waals surface area contributed by atoms with Crippen molar-refractivity contribution in [1.29, 1.82) is 0 Å². The van der Waals surface area contributed by atoms with Crippen molar-refractivity contribution in [2.24, 2.45) is 5.73 Å². The second-order valence-electron chi connectivity index (χ2n) is 4.36. The molecule has 0 saturated heterocycles. The summed E-state index contributed by atoms with van der Waals surface area (Å²) in [7, 11) is 0. The van der Waals surface area contributed by atoms with Gasteiger partial charge in [-0.15, -0.1) is 0 Å². The number of aromatic nitrogens is 5. The molecule has 2 rings (SSSR count). The Balaban J connectivity index is 2.42. The SMILES string of the molecule is CC(C)N(CC(N)=O)c1nc(Cl)nc(-n2ccnc2)n1. The molecule has 0 aliphatic rings. The van der Waals surface area contributed by atoms with E-state index in [0.29, 0.717) is 11.9 Å². The molecule has 20 heavy (non-hydrogen) atoms. The summed E-state index contributed by atoms with van der Waals surface area (Å²) in [4.78, 5) is 29.1. The van der Waals surface area contributed by atoms with Crippen LogP contribution in [0, 0.1) is 0 Å². The molecule has 0 unspecified atom stereocenters. The normalized spacial score (nSPS) is 10.8. The minimum Gasteiger partial charge on any atom is -0.368 e. The summed E-state index contributed by atoms with van der Waals surface area (Å²) >= 11 is 5.91. The van der Waals surface area contributed by atoms with Gasteiger partial charge in [0.05, 0.1) is 6.54 Å². The number of halogens is 1. The van der Waals surface area contributed by atoms with Crippen LogP contribution in [0.1, 0.15) is 13.8 Å². The van der Waals surface area contributed by atoms with Gasteiger partial charge in [0.15, 0.2) is 0 Å². The molecule has 0 aliphatic heterocycles. The fourth-order valence-corrected chi connectivity index (χ4v) is 1.75. The van der Waals surface area contributed by atoms with Crippen LogP contribution < -0.4 is 10.6 Å². The number of imidazole rings is 1. The van der Waals surface area contributed by atoms with Crippen LogP contribution in [0.15, 0.2) is 18.7 Å². The Morgan fingerprint density at radius 3 is 2.75 bits per heavy atom. The van der Waals surface area contributed by atoms with Crippen molar-refractivity contribution in [3.63, 3.8) is 0 Å². The lowest BCUT2D eigenvalue weighted by Crippen LogP contribution is -2.40. The van der Waals surface area contributed by atoms with Crippen LogP contribution in [0.4, 0.5) is 5.95 Å². The average Bonchev–Trinajstić information content (AvgIpc) is 2.88. The molecule has 0 aromatic carbocycles. The molecule has 2 aromatic rings. The second kappa shape index (κ2) is 5.83. The van der Waals surface area contributed by atoms with Gasteiger partial charge in [-0.2, -0.15) is 15.0 Å². The highest BCUT2D eigenvalue weighted by atomic mass is 35.5. The number of nitrogens with two attached hydrogens (primary N) is 1. The predicted molar refractivity (Wildman–Crippen MR) is 73.6 cm³/mol. The van der Waals surface area contributed by atoms with Crippen molar-refractivity contribution in [2.75, 3.05) is 11.4 Å². The molecule has 0 radical (unpaired) electrons. The topological polar surface area (TPSA) is 103 Å². The number of hydrogen-bond acceptors (Lipinski definition) is 6. The van der Waals surface area contributed by atoms with Crippen LogP contribution in [0.3, 0.4) is 0 Å². The maximum atomic E-state index is 11.1. The number of rotatable bonds is 5. The summed E-state index contributed by atoms with van der Waals surface area (Å²) in [6.07, 6.45) is 4.83. The summed E-state index contributed by atoms with van der Waals surface area (Å²) in [6, 6.07) is -0.0170. The van der Waals surface area contributed by atoms with Gasteiger partial charge in [-0.1, -0.05) is 0 Å². The molecule has 0 atom stereocenters. The number of carbonyl (C=O) groups excluding carboxylic acids is 1. The van der Waals surface area contributed by atoms with Crippen molar-refractivity contribution >= 4 is 23.5 Å². The van der Waals surface area contributed by atoms with Gasteiger partial charge < -0.3 is 10.6 Å². The predicted octanol–water partition coefficient (Wildman–Crippen LogP) is 0.411. The van der Waals surface area contributed by atoms with Gasteiger partial charge in [0.2, 0.25) is 23.1 Å². The van der Waals surface area contributed by atoms with E-state index in [1.165, 1.54) is 0 Å². The highest BCUT2D eigenvalue weighted by Crippen LogP contribution is 2.15. The quantitative estimate of drug-likeness (QED) is 0.857. The number of nitrogens with zero attached hydrogens (tertiary/aromatic N) is 6. The Hall–Kier alpha value is -2.22. The smallest absolute Gasteiger partial charge is 0.241 e. The van der Waals surface area contributed by atoms with E-state index in [4.69, 9.17) is 17.3 Å². The van der Waals surface area contributed by atoms with E-state index in [-0.39, 0.29) is 17.9 Å². The van der Waals surface area contributed by atoms with Crippen molar-refractivity contribution in [3.8, 4) is 5.95 Å². The summed E-state index contributed by atoms with van der Waals surface area (Å²) in [5.41, 5.74) is 5.24. The summed E-state index contributed by atoms with van der Waals surface area (Å²) < 4.78 is 1.60. The standard InChI is InChI=1S/C11H14ClN7O/c1-7(2)19(5-8(13)20)11-16-9(12)15-10(17-11)18-4-3-14-6-18/h3-4,6-7H,5H2,1-2H3,(H2,13,20). The van der Waals surface area contributed by atoms with Gasteiger partial charge in [0.1, 0.15) is 6.33 Å². The maximum absolute atomic E-state index is 11.1. The van der Waals surface area contributed by atoms with Crippen LogP contribution in [0.25, 0.3) is 5.95 Å². The molecular formula is C11H14ClN7O. The molecule has 2 aromatic heterocycles. The van der Waals surface area contributed by atoms with Crippen molar-refractivity contribution in [3.05, 3.63) is 24.0 Å². The molecule has 0 saturated carbocycles. The van der Waals surface area contributed by atoms with Crippen LogP contribution >= 0.6 is 11.6 Å². The number of anilines is 1. The zero-order valence-corrected chi connectivity index (χ0v) is 11.8. The van der Waals surface area contributed by atoms with E-state index in [1.807, 2.05) is 13.8 Å². The fourth-order valence-electron chi connectivity index (χ4n) is 1.60. The summed E-state index contributed by atoms with van der Waals surface area (Å²) in [6.45, 7) is 3.80. The molecule has 0 spiro atoms. The van der Waals surface area contributed by atoms with Gasteiger partial charge >= 0.3 is 0 Å². The van der Waals surface area contributed by atoms with E-state index >= 15 is 0 Å². The van der Waals surface area contributed by atoms with Gasteiger partial charge in [-0.3, -0.25) is 9.36 Å². The number of amides is 1. The van der Waals surface area contributed by atoms with E-state index in [1.54, 1.807) is 28.2 Å². The lowest BCUT2D eigenvalue weighted by Gasteiger charge is -2.25. The Morgan fingerprint density at radius 2 is 2.20 bits per heavy atom. The van der Waals surface area contributed by atoms with Gasteiger partial charge in [-0.05, 0) is 25.4 Å². The van der Waals surface area contributed by atoms with Crippen LogP contribution in [0.2, 0.25) is 5.28 Å². The van der Waals surface area contributed by atoms with Crippen molar-refractivity contribution in [1.82, 2.24) is 24.5 Å². The molecule has 9 heteroatoms. The van der Waals surface area contributed by atoms with E-state index in [9.17, 15) is 4.79 Å². The van der Waals surface area contributed by atoms with Crippen LogP contribution in [-0.2, 0) is 4.79 Å². The van der Waals surface area contributed by atoms with Gasteiger partial charge in [0, 0.05) is 18.4 Å². The van der Waals surface area contributed by atoms with Crippen LogP contribution in [0.5, 0.6) is 0 Å². The minimum atomic E-state index is -0.473. The van der Waals surface area contributed by atoms with E-state index in [2.05, 4.69) is 19.9 Å². The number of primary amides is 1. The molecule has 1 amide bonds.